The Labute approximate surface area is 121 Å². The van der Waals surface area contributed by atoms with Gasteiger partial charge in [-0.2, -0.15) is 0 Å². The fourth-order valence-electron chi connectivity index (χ4n) is 3.70. The van der Waals surface area contributed by atoms with Gasteiger partial charge in [0.1, 0.15) is 0 Å². The monoisotopic (exact) mass is 281 g/mol. The van der Waals surface area contributed by atoms with Gasteiger partial charge in [0.25, 0.3) is 0 Å². The molecule has 3 aliphatic rings. The van der Waals surface area contributed by atoms with Gasteiger partial charge in [-0.05, 0) is 38.5 Å². The molecule has 1 unspecified atom stereocenters. The van der Waals surface area contributed by atoms with Crippen LogP contribution in [0.3, 0.4) is 0 Å². The van der Waals surface area contributed by atoms with Gasteiger partial charge in [-0.15, -0.1) is 0 Å². The maximum absolute atomic E-state index is 7.46. The summed E-state index contributed by atoms with van der Waals surface area (Å²) < 4.78 is 11.6. The third kappa shape index (κ3) is 3.32. The summed E-state index contributed by atoms with van der Waals surface area (Å²) in [5.41, 5.74) is 5.60. The Bertz CT molecular complexity index is 346. The first-order chi connectivity index (χ1) is 9.69. The van der Waals surface area contributed by atoms with E-state index in [1.54, 1.807) is 0 Å². The molecule has 0 radical (unpaired) electrons. The van der Waals surface area contributed by atoms with Crippen LogP contribution in [-0.2, 0) is 9.47 Å². The van der Waals surface area contributed by atoms with Crippen molar-refractivity contribution in [2.75, 3.05) is 26.4 Å². The summed E-state index contributed by atoms with van der Waals surface area (Å²) in [7, 11) is 0. The molecule has 3 rings (SSSR count). The minimum Gasteiger partial charge on any atom is -0.388 e. The van der Waals surface area contributed by atoms with Crippen molar-refractivity contribution < 1.29 is 9.47 Å². The van der Waals surface area contributed by atoms with E-state index in [1.165, 1.54) is 12.8 Å². The van der Waals surface area contributed by atoms with Gasteiger partial charge in [-0.1, -0.05) is 0 Å². The van der Waals surface area contributed by atoms with Crippen LogP contribution in [-0.4, -0.2) is 54.8 Å². The molecule has 5 nitrogen and oxygen atoms in total. The number of hydrogen-bond donors (Lipinski definition) is 2. The van der Waals surface area contributed by atoms with Gasteiger partial charge >= 0.3 is 0 Å². The standard InChI is InChI=1S/C15H27N3O2/c16-14(17)3-7-18(12-1-2-12)13-4-8-20-15(11-13)5-9-19-10-6-15/h12-13H,1-11H2,(H3,16,17). The lowest BCUT2D eigenvalue weighted by Crippen LogP contribution is -2.52. The van der Waals surface area contributed by atoms with Crippen molar-refractivity contribution in [2.45, 2.75) is 62.6 Å². The van der Waals surface area contributed by atoms with Crippen LogP contribution in [0.5, 0.6) is 0 Å². The number of ether oxygens (including phenoxy) is 2. The average Bonchev–Trinajstić information content (AvgIpc) is 3.24. The van der Waals surface area contributed by atoms with E-state index in [0.717, 1.165) is 58.1 Å². The van der Waals surface area contributed by atoms with E-state index in [-0.39, 0.29) is 5.60 Å². The Balaban J connectivity index is 1.62. The molecular formula is C15H27N3O2. The summed E-state index contributed by atoms with van der Waals surface area (Å²) in [6.07, 6.45) is 7.64. The predicted octanol–water partition coefficient (Wildman–Crippen LogP) is 1.51. The van der Waals surface area contributed by atoms with E-state index in [9.17, 15) is 0 Å². The molecule has 0 aromatic rings. The number of rotatable bonds is 5. The fraction of sp³-hybridized carbons (Fsp3) is 0.933. The highest BCUT2D eigenvalue weighted by Crippen LogP contribution is 2.39. The van der Waals surface area contributed by atoms with Gasteiger partial charge in [0.15, 0.2) is 0 Å². The Morgan fingerprint density at radius 2 is 1.90 bits per heavy atom. The molecule has 3 N–H and O–H groups in total. The molecule has 1 atom stereocenters. The van der Waals surface area contributed by atoms with Crippen molar-refractivity contribution in [1.82, 2.24) is 4.90 Å². The number of nitrogens with one attached hydrogen (secondary N) is 1. The zero-order valence-electron chi connectivity index (χ0n) is 12.3. The Morgan fingerprint density at radius 3 is 2.55 bits per heavy atom. The van der Waals surface area contributed by atoms with E-state index in [0.29, 0.717) is 18.3 Å². The summed E-state index contributed by atoms with van der Waals surface area (Å²) in [6, 6.07) is 1.34. The van der Waals surface area contributed by atoms with Crippen molar-refractivity contribution >= 4 is 5.84 Å². The van der Waals surface area contributed by atoms with Crippen LogP contribution in [0.4, 0.5) is 0 Å². The SMILES string of the molecule is N=C(N)CCN(C1CC1)C1CCOC2(CCOCC2)C1. The molecule has 1 aliphatic carbocycles. The second kappa shape index (κ2) is 6.00. The predicted molar refractivity (Wildman–Crippen MR) is 78.0 cm³/mol. The Hall–Kier alpha value is -0.650. The second-order valence-corrected chi connectivity index (χ2v) is 6.53. The van der Waals surface area contributed by atoms with Crippen molar-refractivity contribution in [1.29, 1.82) is 5.41 Å². The van der Waals surface area contributed by atoms with Crippen LogP contribution in [0.25, 0.3) is 0 Å². The molecule has 0 aromatic carbocycles. The first-order valence-electron chi connectivity index (χ1n) is 7.99. The van der Waals surface area contributed by atoms with Gasteiger partial charge < -0.3 is 15.2 Å². The summed E-state index contributed by atoms with van der Waals surface area (Å²) in [6.45, 7) is 3.48. The van der Waals surface area contributed by atoms with Gasteiger partial charge in [0, 0.05) is 44.9 Å². The molecule has 1 spiro atoms. The maximum Gasteiger partial charge on any atom is 0.0918 e. The van der Waals surface area contributed by atoms with E-state index in [2.05, 4.69) is 4.90 Å². The zero-order valence-corrected chi connectivity index (χ0v) is 12.3. The smallest absolute Gasteiger partial charge is 0.0918 e. The van der Waals surface area contributed by atoms with Crippen LogP contribution in [0.15, 0.2) is 0 Å². The highest BCUT2D eigenvalue weighted by atomic mass is 16.5. The molecule has 0 amide bonds. The summed E-state index contributed by atoms with van der Waals surface area (Å²) in [5.74, 6) is 0.309. The molecule has 0 bridgehead atoms. The number of nitrogens with two attached hydrogens (primary N) is 1. The van der Waals surface area contributed by atoms with Gasteiger partial charge in [-0.25, -0.2) is 0 Å². The summed E-state index contributed by atoms with van der Waals surface area (Å²) in [4.78, 5) is 2.61. The molecule has 5 heteroatoms. The normalized spacial score (nSPS) is 29.8. The number of amidine groups is 1. The minimum absolute atomic E-state index is 0.0600. The van der Waals surface area contributed by atoms with Crippen LogP contribution in [0.2, 0.25) is 0 Å². The van der Waals surface area contributed by atoms with Crippen LogP contribution < -0.4 is 5.73 Å². The van der Waals surface area contributed by atoms with Crippen LogP contribution in [0.1, 0.15) is 44.9 Å². The minimum atomic E-state index is 0.0600. The first kappa shape index (κ1) is 14.3. The highest BCUT2D eigenvalue weighted by Gasteiger charge is 2.43. The number of hydrogen-bond acceptors (Lipinski definition) is 4. The van der Waals surface area contributed by atoms with E-state index < -0.39 is 0 Å². The fourth-order valence-corrected chi connectivity index (χ4v) is 3.70. The van der Waals surface area contributed by atoms with E-state index in [4.69, 9.17) is 20.6 Å². The third-order valence-corrected chi connectivity index (χ3v) is 5.00. The molecule has 2 aliphatic heterocycles. The quantitative estimate of drug-likeness (QED) is 0.592. The van der Waals surface area contributed by atoms with Crippen molar-refractivity contribution in [3.8, 4) is 0 Å². The summed E-state index contributed by atoms with van der Waals surface area (Å²) >= 11 is 0. The first-order valence-corrected chi connectivity index (χ1v) is 7.99. The Morgan fingerprint density at radius 1 is 1.15 bits per heavy atom. The lowest BCUT2D eigenvalue weighted by Gasteiger charge is -2.46. The molecule has 0 aromatic heterocycles. The molecular weight excluding hydrogens is 254 g/mol. The molecule has 2 saturated heterocycles. The van der Waals surface area contributed by atoms with Gasteiger partial charge in [0.05, 0.1) is 11.4 Å². The molecule has 114 valence electrons. The topological polar surface area (TPSA) is 71.6 Å². The van der Waals surface area contributed by atoms with Crippen molar-refractivity contribution in [3.05, 3.63) is 0 Å². The molecule has 3 fully saturated rings. The van der Waals surface area contributed by atoms with Gasteiger partial charge in [-0.3, -0.25) is 10.3 Å². The highest BCUT2D eigenvalue weighted by molar-refractivity contribution is 5.76. The second-order valence-electron chi connectivity index (χ2n) is 6.53. The number of nitrogens with zero attached hydrogens (tertiary/aromatic N) is 1. The summed E-state index contributed by atoms with van der Waals surface area (Å²) in [5, 5.41) is 7.46. The van der Waals surface area contributed by atoms with Crippen molar-refractivity contribution in [2.24, 2.45) is 5.73 Å². The van der Waals surface area contributed by atoms with E-state index in [1.807, 2.05) is 0 Å². The molecule has 1 saturated carbocycles. The Kier molecular flexibility index (Phi) is 4.29. The lowest BCUT2D eigenvalue weighted by atomic mass is 9.83. The van der Waals surface area contributed by atoms with E-state index >= 15 is 0 Å². The third-order valence-electron chi connectivity index (χ3n) is 5.00. The van der Waals surface area contributed by atoms with Gasteiger partial charge in [0.2, 0.25) is 0 Å². The molecule has 20 heavy (non-hydrogen) atoms. The zero-order chi connectivity index (χ0) is 14.0. The van der Waals surface area contributed by atoms with Crippen molar-refractivity contribution in [3.63, 3.8) is 0 Å². The molecule has 2 heterocycles. The lowest BCUT2D eigenvalue weighted by molar-refractivity contribution is -0.151. The largest absolute Gasteiger partial charge is 0.388 e. The van der Waals surface area contributed by atoms with Crippen LogP contribution >= 0.6 is 0 Å². The average molecular weight is 281 g/mol. The maximum atomic E-state index is 7.46. The van der Waals surface area contributed by atoms with Crippen LogP contribution in [0, 0.1) is 5.41 Å².